The highest BCUT2D eigenvalue weighted by Gasteiger charge is 2.15. The highest BCUT2D eigenvalue weighted by Crippen LogP contribution is 2.08. The monoisotopic (exact) mass is 227 g/mol. The van der Waals surface area contributed by atoms with Gasteiger partial charge in [0.25, 0.3) is 0 Å². The minimum Gasteiger partial charge on any atom is -0.392 e. The number of hydrogen-bond acceptors (Lipinski definition) is 5. The molecule has 0 radical (unpaired) electrons. The van der Waals surface area contributed by atoms with Gasteiger partial charge in [0.1, 0.15) is 0 Å². The van der Waals surface area contributed by atoms with Gasteiger partial charge in [0, 0.05) is 13.0 Å². The second kappa shape index (κ2) is 5.96. The molecule has 0 spiro atoms. The summed E-state index contributed by atoms with van der Waals surface area (Å²) in [6, 6.07) is 0. The summed E-state index contributed by atoms with van der Waals surface area (Å²) in [6.45, 7) is 4.83. The van der Waals surface area contributed by atoms with Crippen molar-refractivity contribution in [2.45, 2.75) is 32.8 Å². The molecular formula is C11H21N3O2. The molecule has 0 amide bonds. The standard InChI is InChI=1S/C11H21N3O2/c1-8(2)9(15)7-11-12-10(13-16-11)5-6-14(3)4/h8-9,15H,5-7H2,1-4H3. The lowest BCUT2D eigenvalue weighted by molar-refractivity contribution is 0.116. The summed E-state index contributed by atoms with van der Waals surface area (Å²) >= 11 is 0. The van der Waals surface area contributed by atoms with Gasteiger partial charge in [-0.05, 0) is 20.0 Å². The molecule has 1 heterocycles. The number of aliphatic hydroxyl groups is 1. The molecule has 0 saturated heterocycles. The van der Waals surface area contributed by atoms with E-state index in [1.165, 1.54) is 0 Å². The third-order valence-corrected chi connectivity index (χ3v) is 2.45. The first-order chi connectivity index (χ1) is 7.49. The minimum absolute atomic E-state index is 0.206. The fourth-order valence-electron chi connectivity index (χ4n) is 1.21. The molecule has 16 heavy (non-hydrogen) atoms. The van der Waals surface area contributed by atoms with Crippen molar-refractivity contribution < 1.29 is 9.63 Å². The Bertz CT molecular complexity index is 310. The highest BCUT2D eigenvalue weighted by atomic mass is 16.5. The minimum atomic E-state index is -0.415. The van der Waals surface area contributed by atoms with Crippen LogP contribution in [0.2, 0.25) is 0 Å². The third kappa shape index (κ3) is 4.28. The zero-order valence-corrected chi connectivity index (χ0v) is 10.5. The van der Waals surface area contributed by atoms with Crippen LogP contribution in [0.3, 0.4) is 0 Å². The van der Waals surface area contributed by atoms with Crippen LogP contribution in [0, 0.1) is 5.92 Å². The smallest absolute Gasteiger partial charge is 0.229 e. The van der Waals surface area contributed by atoms with Crippen molar-refractivity contribution in [3.8, 4) is 0 Å². The van der Waals surface area contributed by atoms with E-state index in [2.05, 4.69) is 15.0 Å². The van der Waals surface area contributed by atoms with E-state index in [0.717, 1.165) is 13.0 Å². The summed E-state index contributed by atoms with van der Waals surface area (Å²) in [6.07, 6.45) is 0.795. The van der Waals surface area contributed by atoms with Crippen LogP contribution in [-0.4, -0.2) is 46.9 Å². The van der Waals surface area contributed by atoms with Gasteiger partial charge in [-0.3, -0.25) is 0 Å². The summed E-state index contributed by atoms with van der Waals surface area (Å²) in [5, 5.41) is 13.5. The molecule has 92 valence electrons. The Kier molecular flexibility index (Phi) is 4.89. The zero-order chi connectivity index (χ0) is 12.1. The number of aromatic nitrogens is 2. The van der Waals surface area contributed by atoms with Gasteiger partial charge in [-0.25, -0.2) is 0 Å². The lowest BCUT2D eigenvalue weighted by Gasteiger charge is -2.10. The molecule has 1 unspecified atom stereocenters. The molecule has 0 fully saturated rings. The van der Waals surface area contributed by atoms with Crippen LogP contribution in [0.4, 0.5) is 0 Å². The summed E-state index contributed by atoms with van der Waals surface area (Å²) < 4.78 is 5.08. The van der Waals surface area contributed by atoms with Crippen molar-refractivity contribution in [2.75, 3.05) is 20.6 Å². The summed E-state index contributed by atoms with van der Waals surface area (Å²) in [7, 11) is 4.01. The van der Waals surface area contributed by atoms with Crippen LogP contribution in [0.25, 0.3) is 0 Å². The molecule has 0 aliphatic rings. The van der Waals surface area contributed by atoms with Crippen LogP contribution in [-0.2, 0) is 12.8 Å². The molecule has 0 aromatic carbocycles. The Balaban J connectivity index is 2.45. The quantitative estimate of drug-likeness (QED) is 0.776. The molecule has 5 nitrogen and oxygen atoms in total. The SMILES string of the molecule is CC(C)C(O)Cc1nc(CCN(C)C)no1. The molecule has 1 aromatic heterocycles. The fraction of sp³-hybridized carbons (Fsp3) is 0.818. The van der Waals surface area contributed by atoms with Crippen molar-refractivity contribution >= 4 is 0 Å². The van der Waals surface area contributed by atoms with Crippen molar-refractivity contribution in [1.29, 1.82) is 0 Å². The average Bonchev–Trinajstić information content (AvgIpc) is 2.62. The predicted molar refractivity (Wildman–Crippen MR) is 61.1 cm³/mol. The number of hydrogen-bond donors (Lipinski definition) is 1. The Morgan fingerprint density at radius 2 is 2.06 bits per heavy atom. The second-order valence-electron chi connectivity index (χ2n) is 4.67. The predicted octanol–water partition coefficient (Wildman–Crippen LogP) is 0.733. The molecule has 0 aliphatic heterocycles. The molecule has 0 aliphatic carbocycles. The number of rotatable bonds is 6. The fourth-order valence-corrected chi connectivity index (χ4v) is 1.21. The van der Waals surface area contributed by atoms with E-state index in [1.54, 1.807) is 0 Å². The number of aliphatic hydroxyl groups excluding tert-OH is 1. The van der Waals surface area contributed by atoms with Crippen LogP contribution in [0.1, 0.15) is 25.6 Å². The molecule has 5 heteroatoms. The van der Waals surface area contributed by atoms with Gasteiger partial charge in [0.05, 0.1) is 12.5 Å². The summed E-state index contributed by atoms with van der Waals surface area (Å²) in [5.74, 6) is 1.44. The first-order valence-corrected chi connectivity index (χ1v) is 5.63. The Morgan fingerprint density at radius 1 is 1.38 bits per heavy atom. The topological polar surface area (TPSA) is 62.4 Å². The van der Waals surface area contributed by atoms with E-state index in [1.807, 2.05) is 27.9 Å². The lowest BCUT2D eigenvalue weighted by atomic mass is 10.0. The van der Waals surface area contributed by atoms with E-state index in [0.29, 0.717) is 18.1 Å². The van der Waals surface area contributed by atoms with Crippen LogP contribution >= 0.6 is 0 Å². The van der Waals surface area contributed by atoms with Crippen molar-refractivity contribution in [3.63, 3.8) is 0 Å². The third-order valence-electron chi connectivity index (χ3n) is 2.45. The van der Waals surface area contributed by atoms with Gasteiger partial charge in [-0.1, -0.05) is 19.0 Å². The molecular weight excluding hydrogens is 206 g/mol. The Morgan fingerprint density at radius 3 is 2.62 bits per heavy atom. The van der Waals surface area contributed by atoms with Crippen LogP contribution in [0.5, 0.6) is 0 Å². The maximum Gasteiger partial charge on any atom is 0.229 e. The van der Waals surface area contributed by atoms with Gasteiger partial charge < -0.3 is 14.5 Å². The number of nitrogens with zero attached hydrogens (tertiary/aromatic N) is 3. The van der Waals surface area contributed by atoms with Crippen LogP contribution in [0.15, 0.2) is 4.52 Å². The average molecular weight is 227 g/mol. The van der Waals surface area contributed by atoms with E-state index in [4.69, 9.17) is 4.52 Å². The molecule has 0 bridgehead atoms. The highest BCUT2D eigenvalue weighted by molar-refractivity contribution is 4.89. The maximum absolute atomic E-state index is 9.67. The van der Waals surface area contributed by atoms with Gasteiger partial charge >= 0.3 is 0 Å². The Labute approximate surface area is 96.5 Å². The summed E-state index contributed by atoms with van der Waals surface area (Å²) in [4.78, 5) is 6.31. The first-order valence-electron chi connectivity index (χ1n) is 5.63. The van der Waals surface area contributed by atoms with Crippen molar-refractivity contribution in [1.82, 2.24) is 15.0 Å². The zero-order valence-electron chi connectivity index (χ0n) is 10.5. The lowest BCUT2D eigenvalue weighted by Crippen LogP contribution is -2.18. The normalized spacial score (nSPS) is 13.7. The van der Waals surface area contributed by atoms with Gasteiger partial charge in [-0.2, -0.15) is 4.98 Å². The van der Waals surface area contributed by atoms with Crippen molar-refractivity contribution in [3.05, 3.63) is 11.7 Å². The molecule has 1 aromatic rings. The molecule has 1 N–H and O–H groups in total. The van der Waals surface area contributed by atoms with E-state index >= 15 is 0 Å². The van der Waals surface area contributed by atoms with Gasteiger partial charge in [-0.15, -0.1) is 0 Å². The van der Waals surface area contributed by atoms with Gasteiger partial charge in [0.2, 0.25) is 5.89 Å². The van der Waals surface area contributed by atoms with Gasteiger partial charge in [0.15, 0.2) is 5.82 Å². The number of likely N-dealkylation sites (N-methyl/N-ethyl adjacent to an activating group) is 1. The summed E-state index contributed by atoms with van der Waals surface area (Å²) in [5.41, 5.74) is 0. The largest absolute Gasteiger partial charge is 0.392 e. The molecule has 1 rings (SSSR count). The second-order valence-corrected chi connectivity index (χ2v) is 4.67. The molecule has 1 atom stereocenters. The van der Waals surface area contributed by atoms with Crippen molar-refractivity contribution in [2.24, 2.45) is 5.92 Å². The molecule has 0 saturated carbocycles. The first kappa shape index (κ1) is 13.1. The van der Waals surface area contributed by atoms with E-state index in [9.17, 15) is 5.11 Å². The van der Waals surface area contributed by atoms with Crippen LogP contribution < -0.4 is 0 Å². The maximum atomic E-state index is 9.67. The Hall–Kier alpha value is -0.940. The van der Waals surface area contributed by atoms with E-state index in [-0.39, 0.29) is 5.92 Å². The van der Waals surface area contributed by atoms with E-state index < -0.39 is 6.10 Å².